The first kappa shape index (κ1) is 32.2. The molecule has 0 aromatic heterocycles. The topological polar surface area (TPSA) is 0 Å². The predicted octanol–water partition coefficient (Wildman–Crippen LogP) is -1.53. The van der Waals surface area contributed by atoms with Gasteiger partial charge in [0.15, 0.2) is 0 Å². The molecule has 0 heterocycles. The minimum absolute atomic E-state index is 0. The van der Waals surface area contributed by atoms with E-state index in [9.17, 15) is 0 Å². The Balaban J connectivity index is 0. The van der Waals surface area contributed by atoms with Crippen molar-refractivity contribution in [2.24, 2.45) is 0 Å². The van der Waals surface area contributed by atoms with Gasteiger partial charge in [-0.15, -0.1) is 0 Å². The SMILES string of the molecule is [Bi+3].[Ca+2].[Cu+].[Pb].[Sr+2]. The molecule has 0 aliphatic carbocycles. The summed E-state index contributed by atoms with van der Waals surface area (Å²) in [5, 5.41) is 0. The number of rotatable bonds is 0. The molecule has 16 valence electrons. The molecule has 0 bridgehead atoms. The Labute approximate surface area is 149 Å². The molecule has 0 unspecified atom stereocenters. The van der Waals surface area contributed by atoms with Gasteiger partial charge in [0.25, 0.3) is 0 Å². The van der Waals surface area contributed by atoms with Gasteiger partial charge in [0.05, 0.1) is 0 Å². The average molecular weight is 607 g/mol. The second-order valence-corrected chi connectivity index (χ2v) is 0. The Kier molecular flexibility index (Phi) is 148. The van der Waals surface area contributed by atoms with E-state index in [1.807, 2.05) is 0 Å². The van der Waals surface area contributed by atoms with Crippen LogP contribution in [0.15, 0.2) is 0 Å². The Morgan fingerprint density at radius 3 is 1.00 bits per heavy atom. The first-order valence-electron chi connectivity index (χ1n) is 0. The minimum Gasteiger partial charge on any atom is 0 e. The van der Waals surface area contributed by atoms with Crippen LogP contribution in [-0.2, 0) is 17.1 Å². The summed E-state index contributed by atoms with van der Waals surface area (Å²) in [5.74, 6) is 0. The fourth-order valence-corrected chi connectivity index (χ4v) is 0. The van der Waals surface area contributed by atoms with Crippen molar-refractivity contribution in [1.29, 1.82) is 0 Å². The average Bonchev–Trinajstić information content (AvgIpc) is 0. The second kappa shape index (κ2) is 23.0. The molecule has 5 heteroatoms. The smallest absolute Gasteiger partial charge is 0 e. The molecule has 0 aliphatic heterocycles. The molecule has 0 saturated carbocycles. The van der Waals surface area contributed by atoms with Gasteiger partial charge in [0.1, 0.15) is 0 Å². The van der Waals surface area contributed by atoms with Gasteiger partial charge in [0, 0.05) is 27.3 Å². The molecule has 0 N–H and O–H groups in total. The first-order valence-corrected chi connectivity index (χ1v) is 0. The zero-order valence-electron chi connectivity index (χ0n) is 2.66. The standard InChI is InChI=1S/Bi.Ca.Cu.Pb.Sr/q+3;+2;+1;;+2. The van der Waals surface area contributed by atoms with Crippen LogP contribution in [0.1, 0.15) is 0 Å². The van der Waals surface area contributed by atoms with Crippen LogP contribution in [0.2, 0.25) is 0 Å². The van der Waals surface area contributed by atoms with E-state index in [-0.39, 0.29) is 154 Å². The van der Waals surface area contributed by atoms with E-state index in [1.165, 1.54) is 0 Å². The summed E-state index contributed by atoms with van der Waals surface area (Å²) in [6.45, 7) is 0. The number of hydrogen-bond donors (Lipinski definition) is 0. The molecule has 0 aromatic carbocycles. The minimum atomic E-state index is 0. The van der Waals surface area contributed by atoms with Crippen molar-refractivity contribution in [3.8, 4) is 0 Å². The van der Waals surface area contributed by atoms with Crippen LogP contribution in [0.3, 0.4) is 0 Å². The van der Waals surface area contributed by atoms with Crippen molar-refractivity contribution in [2.45, 2.75) is 0 Å². The van der Waals surface area contributed by atoms with E-state index < -0.39 is 0 Å². The maximum absolute atomic E-state index is 0. The molecule has 0 aromatic rings. The van der Waals surface area contributed by atoms with Crippen LogP contribution >= 0.6 is 0 Å². The van der Waals surface area contributed by atoms with Crippen LogP contribution < -0.4 is 0 Å². The normalized spacial score (nSPS) is 0. The van der Waals surface area contributed by atoms with E-state index >= 15 is 0 Å². The molecule has 5 heavy (non-hydrogen) atoms. The van der Waals surface area contributed by atoms with Crippen molar-refractivity contribution in [3.63, 3.8) is 0 Å². The Morgan fingerprint density at radius 1 is 1.00 bits per heavy atom. The number of hydrogen-bond acceptors (Lipinski definition) is 0. The molecule has 0 amide bonds. The molecule has 0 aliphatic rings. The monoisotopic (exact) mass is 608 g/mol. The molecule has 0 rings (SSSR count). The van der Waals surface area contributed by atoms with Gasteiger partial charge in [-0.2, -0.15) is 0 Å². The molecule has 0 saturated heterocycles. The van der Waals surface area contributed by atoms with Gasteiger partial charge in [-0.25, -0.2) is 0 Å². The van der Waals surface area contributed by atoms with Gasteiger partial charge in [-0.3, -0.25) is 0 Å². The third-order valence-electron chi connectivity index (χ3n) is 0. The van der Waals surface area contributed by atoms with Crippen LogP contribution in [-0.4, -0.2) is 137 Å². The van der Waals surface area contributed by atoms with Crippen LogP contribution in [0.4, 0.5) is 0 Å². The molecule has 0 nitrogen and oxygen atoms in total. The molecular formula is BiCaCuPbSr+8. The van der Waals surface area contributed by atoms with E-state index in [2.05, 4.69) is 0 Å². The summed E-state index contributed by atoms with van der Waals surface area (Å²) < 4.78 is 0. The maximum atomic E-state index is 0. The maximum Gasteiger partial charge on any atom is 3.00 e. The Bertz CT molecular complexity index is 11.6. The van der Waals surface area contributed by atoms with Crippen LogP contribution in [0, 0.1) is 0 Å². The summed E-state index contributed by atoms with van der Waals surface area (Å²) in [7, 11) is 0. The quantitative estimate of drug-likeness (QED) is 0.294. The summed E-state index contributed by atoms with van der Waals surface area (Å²) in [6, 6.07) is 0. The summed E-state index contributed by atoms with van der Waals surface area (Å²) in [4.78, 5) is 0. The van der Waals surface area contributed by atoms with Crippen molar-refractivity contribution < 1.29 is 17.1 Å². The van der Waals surface area contributed by atoms with Gasteiger partial charge in [0.2, 0.25) is 0 Å². The summed E-state index contributed by atoms with van der Waals surface area (Å²) >= 11 is 0. The van der Waals surface area contributed by atoms with Gasteiger partial charge in [-0.1, -0.05) is 0 Å². The fourth-order valence-electron chi connectivity index (χ4n) is 0. The Hall–Kier alpha value is 5.06. The molecule has 6 radical (unpaired) electrons. The molecule has 0 atom stereocenters. The van der Waals surface area contributed by atoms with E-state index in [0.29, 0.717) is 0 Å². The van der Waals surface area contributed by atoms with E-state index in [0.717, 1.165) is 0 Å². The van der Waals surface area contributed by atoms with Gasteiger partial charge in [-0.05, 0) is 0 Å². The fraction of sp³-hybridized carbons (Fsp3) is 0. The van der Waals surface area contributed by atoms with Crippen LogP contribution in [0.25, 0.3) is 0 Å². The third-order valence-corrected chi connectivity index (χ3v) is 0. The summed E-state index contributed by atoms with van der Waals surface area (Å²) in [6.07, 6.45) is 0. The zero-order valence-corrected chi connectivity index (χ0v) is 16.7. The second-order valence-electron chi connectivity index (χ2n) is 0. The molecule has 0 spiro atoms. The third kappa shape index (κ3) is 17.6. The van der Waals surface area contributed by atoms with Crippen molar-refractivity contribution in [1.82, 2.24) is 0 Å². The van der Waals surface area contributed by atoms with E-state index in [1.54, 1.807) is 0 Å². The van der Waals surface area contributed by atoms with Gasteiger partial charge < -0.3 is 0 Å². The Morgan fingerprint density at radius 2 is 1.00 bits per heavy atom. The first-order chi connectivity index (χ1) is 0. The predicted molar refractivity (Wildman–Crippen MR) is 23.0 cm³/mol. The summed E-state index contributed by atoms with van der Waals surface area (Å²) in [5.41, 5.74) is 0. The van der Waals surface area contributed by atoms with Crippen molar-refractivity contribution >= 4 is 137 Å². The van der Waals surface area contributed by atoms with E-state index in [4.69, 9.17) is 0 Å². The molecule has 0 fully saturated rings. The van der Waals surface area contributed by atoms with Crippen LogP contribution in [0.5, 0.6) is 0 Å². The zero-order chi connectivity index (χ0) is 0. The van der Waals surface area contributed by atoms with Crippen molar-refractivity contribution in [2.75, 3.05) is 0 Å². The van der Waals surface area contributed by atoms with Crippen molar-refractivity contribution in [3.05, 3.63) is 0 Å². The largest absolute Gasteiger partial charge is 3.00 e. The van der Waals surface area contributed by atoms with Gasteiger partial charge >= 0.3 is 126 Å². The molecular weight excluding hydrogens is 607 g/mol.